The van der Waals surface area contributed by atoms with Crippen molar-refractivity contribution in [1.29, 1.82) is 0 Å². The van der Waals surface area contributed by atoms with E-state index in [9.17, 15) is 4.79 Å². The summed E-state index contributed by atoms with van der Waals surface area (Å²) < 4.78 is 1.55. The third-order valence-electron chi connectivity index (χ3n) is 6.66. The number of carbonyl (C=O) groups excluding carboxylic acids is 1. The van der Waals surface area contributed by atoms with Crippen LogP contribution in [-0.2, 0) is 0 Å². The molecule has 1 saturated heterocycles. The number of Topliss-reactive ketones (excluding diaryl/α,β-unsaturated/α-hetero) is 1. The number of hydrogen-bond acceptors (Lipinski definition) is 7. The molecule has 1 aromatic carbocycles. The number of carbonyl (C=O) groups is 1. The Bertz CT molecular complexity index is 1460. The predicted molar refractivity (Wildman–Crippen MR) is 143 cm³/mol. The minimum Gasteiger partial charge on any atom is -0.383 e. The van der Waals surface area contributed by atoms with Crippen LogP contribution in [0.3, 0.4) is 0 Å². The number of allylic oxidation sites excluding steroid dienone is 1. The molecule has 1 fully saturated rings. The van der Waals surface area contributed by atoms with Crippen LogP contribution in [0.25, 0.3) is 28.0 Å². The average molecular weight is 480 g/mol. The molecule has 8 nitrogen and oxygen atoms in total. The van der Waals surface area contributed by atoms with Crippen molar-refractivity contribution in [2.75, 3.05) is 36.8 Å². The molecule has 4 heterocycles. The highest BCUT2D eigenvalue weighted by molar-refractivity contribution is 6.04. The zero-order valence-electron chi connectivity index (χ0n) is 20.6. The van der Waals surface area contributed by atoms with Crippen LogP contribution in [0.15, 0.2) is 72.9 Å². The van der Waals surface area contributed by atoms with Gasteiger partial charge >= 0.3 is 0 Å². The third kappa shape index (κ3) is 4.12. The molecule has 0 spiro atoms. The van der Waals surface area contributed by atoms with Crippen LogP contribution in [0.2, 0.25) is 0 Å². The van der Waals surface area contributed by atoms with Gasteiger partial charge in [-0.25, -0.2) is 4.98 Å². The van der Waals surface area contributed by atoms with Gasteiger partial charge < -0.3 is 15.5 Å². The number of piperazine rings is 1. The van der Waals surface area contributed by atoms with E-state index in [4.69, 9.17) is 10.7 Å². The van der Waals surface area contributed by atoms with E-state index < -0.39 is 0 Å². The van der Waals surface area contributed by atoms with Gasteiger partial charge in [-0.05, 0) is 19.4 Å². The number of ketones is 1. The van der Waals surface area contributed by atoms with E-state index in [1.165, 1.54) is 6.92 Å². The Morgan fingerprint density at radius 3 is 2.42 bits per heavy atom. The summed E-state index contributed by atoms with van der Waals surface area (Å²) in [5.74, 6) is 0.763. The van der Waals surface area contributed by atoms with Crippen molar-refractivity contribution in [3.8, 4) is 22.4 Å². The largest absolute Gasteiger partial charge is 0.383 e. The van der Waals surface area contributed by atoms with E-state index in [1.54, 1.807) is 10.7 Å². The first kappa shape index (κ1) is 23.3. The Hall–Kier alpha value is -4.42. The molecule has 36 heavy (non-hydrogen) atoms. The van der Waals surface area contributed by atoms with Gasteiger partial charge in [0.1, 0.15) is 17.2 Å². The highest BCUT2D eigenvalue weighted by Crippen LogP contribution is 2.32. The number of hydrogen-bond donors (Lipinski definition) is 1. The smallest absolute Gasteiger partial charge is 0.167 e. The molecule has 4 aromatic rings. The summed E-state index contributed by atoms with van der Waals surface area (Å²) in [7, 11) is 0. The van der Waals surface area contributed by atoms with Gasteiger partial charge in [-0.15, -0.1) is 5.73 Å². The number of benzene rings is 1. The number of nitrogens with zero attached hydrogens (tertiary/aromatic N) is 6. The van der Waals surface area contributed by atoms with Crippen molar-refractivity contribution >= 4 is 23.1 Å². The Labute approximate surface area is 210 Å². The van der Waals surface area contributed by atoms with Crippen LogP contribution in [0.5, 0.6) is 0 Å². The number of fused-ring (bicyclic) bond motifs is 1. The van der Waals surface area contributed by atoms with E-state index in [1.807, 2.05) is 48.7 Å². The maximum Gasteiger partial charge on any atom is 0.167 e. The molecule has 0 bridgehead atoms. The monoisotopic (exact) mass is 479 g/mol. The highest BCUT2D eigenvalue weighted by atomic mass is 16.1. The Kier molecular flexibility index (Phi) is 6.27. The third-order valence-corrected chi connectivity index (χ3v) is 6.66. The topological polar surface area (TPSA) is 92.7 Å². The number of pyridine rings is 1. The van der Waals surface area contributed by atoms with Crippen LogP contribution in [0.4, 0.5) is 11.6 Å². The van der Waals surface area contributed by atoms with Crippen LogP contribution in [-0.4, -0.2) is 56.4 Å². The average Bonchev–Trinajstić information content (AvgIpc) is 3.34. The minimum atomic E-state index is -0.134. The number of anilines is 2. The number of aromatic nitrogens is 4. The van der Waals surface area contributed by atoms with Crippen molar-refractivity contribution in [1.82, 2.24) is 24.5 Å². The first-order valence-electron chi connectivity index (χ1n) is 12.1. The Balaban J connectivity index is 1.53. The number of nitrogen functional groups attached to an aromatic ring is 1. The SMILES string of the molecule is C=C=C(CC)N1CCN(c2nc3c(-c4ccc(-c5ccccc5)nc4)cnn3c(N)c2C(C)=O)CC1. The van der Waals surface area contributed by atoms with E-state index in [0.717, 1.165) is 47.6 Å². The van der Waals surface area contributed by atoms with Crippen LogP contribution < -0.4 is 10.6 Å². The summed E-state index contributed by atoms with van der Waals surface area (Å²) >= 11 is 0. The van der Waals surface area contributed by atoms with Gasteiger partial charge in [-0.3, -0.25) is 9.78 Å². The molecule has 0 amide bonds. The van der Waals surface area contributed by atoms with Crippen LogP contribution in [0.1, 0.15) is 30.6 Å². The fourth-order valence-corrected chi connectivity index (χ4v) is 4.75. The molecule has 2 N–H and O–H groups in total. The van der Waals surface area contributed by atoms with Crippen LogP contribution in [0, 0.1) is 0 Å². The number of nitrogens with two attached hydrogens (primary N) is 1. The number of rotatable bonds is 6. The molecule has 8 heteroatoms. The lowest BCUT2D eigenvalue weighted by molar-refractivity contribution is 0.101. The van der Waals surface area contributed by atoms with E-state index in [2.05, 4.69) is 39.1 Å². The quantitative estimate of drug-likeness (QED) is 0.323. The summed E-state index contributed by atoms with van der Waals surface area (Å²) in [5.41, 5.74) is 15.3. The molecular formula is C28H29N7O. The molecule has 1 aliphatic heterocycles. The minimum absolute atomic E-state index is 0.134. The Morgan fingerprint density at radius 1 is 1.06 bits per heavy atom. The molecule has 0 atom stereocenters. The second kappa shape index (κ2) is 9.68. The fraction of sp³-hybridized carbons (Fsp3) is 0.250. The maximum absolute atomic E-state index is 12.7. The maximum atomic E-state index is 12.7. The molecule has 0 saturated carbocycles. The molecule has 1 aliphatic rings. The lowest BCUT2D eigenvalue weighted by Gasteiger charge is -2.37. The lowest BCUT2D eigenvalue weighted by atomic mass is 10.1. The van der Waals surface area contributed by atoms with Gasteiger partial charge in [0.2, 0.25) is 0 Å². The van der Waals surface area contributed by atoms with Gasteiger partial charge in [0.25, 0.3) is 0 Å². The van der Waals surface area contributed by atoms with Crippen molar-refractivity contribution < 1.29 is 4.79 Å². The van der Waals surface area contributed by atoms with Gasteiger partial charge in [0.05, 0.1) is 17.6 Å². The highest BCUT2D eigenvalue weighted by Gasteiger charge is 2.27. The summed E-state index contributed by atoms with van der Waals surface area (Å²) in [6.45, 7) is 10.5. The van der Waals surface area contributed by atoms with Crippen molar-refractivity contribution in [2.24, 2.45) is 0 Å². The summed E-state index contributed by atoms with van der Waals surface area (Å²) in [4.78, 5) is 26.7. The molecular weight excluding hydrogens is 450 g/mol. The second-order valence-electron chi connectivity index (χ2n) is 8.79. The summed E-state index contributed by atoms with van der Waals surface area (Å²) in [6, 6.07) is 14.0. The molecule has 5 rings (SSSR count). The Morgan fingerprint density at radius 2 is 1.81 bits per heavy atom. The lowest BCUT2D eigenvalue weighted by Crippen LogP contribution is -2.46. The standard InChI is InChI=1S/C28H29N7O/c1-4-22(5-2)33-13-15-34(16-14-33)28-25(19(3)36)26(29)35-27(32-28)23(18-31-35)21-11-12-24(30-17-21)20-9-7-6-8-10-20/h6-12,17-18H,1,5,13-16,29H2,2-3H3. The zero-order valence-corrected chi connectivity index (χ0v) is 20.6. The first-order valence-corrected chi connectivity index (χ1v) is 12.1. The molecule has 0 unspecified atom stereocenters. The first-order chi connectivity index (χ1) is 17.5. The van der Waals surface area contributed by atoms with E-state index in [0.29, 0.717) is 35.9 Å². The van der Waals surface area contributed by atoms with Gasteiger partial charge in [0, 0.05) is 49.1 Å². The molecule has 0 radical (unpaired) electrons. The molecule has 3 aromatic heterocycles. The van der Waals surface area contributed by atoms with Crippen molar-refractivity contribution in [3.05, 3.63) is 78.4 Å². The van der Waals surface area contributed by atoms with E-state index >= 15 is 0 Å². The van der Waals surface area contributed by atoms with Crippen LogP contribution >= 0.6 is 0 Å². The normalized spacial score (nSPS) is 13.6. The molecule has 182 valence electrons. The van der Waals surface area contributed by atoms with Crippen molar-refractivity contribution in [3.63, 3.8) is 0 Å². The zero-order chi connectivity index (χ0) is 25.2. The van der Waals surface area contributed by atoms with Crippen molar-refractivity contribution in [2.45, 2.75) is 20.3 Å². The van der Waals surface area contributed by atoms with E-state index in [-0.39, 0.29) is 5.78 Å². The fourth-order valence-electron chi connectivity index (χ4n) is 4.75. The second-order valence-corrected chi connectivity index (χ2v) is 8.79. The van der Waals surface area contributed by atoms with Gasteiger partial charge in [-0.2, -0.15) is 9.61 Å². The summed E-state index contributed by atoms with van der Waals surface area (Å²) in [6.07, 6.45) is 4.43. The molecule has 0 aliphatic carbocycles. The predicted octanol–water partition coefficient (Wildman–Crippen LogP) is 4.44. The van der Waals surface area contributed by atoms with Gasteiger partial charge in [0.15, 0.2) is 11.4 Å². The van der Waals surface area contributed by atoms with Gasteiger partial charge in [-0.1, -0.05) is 49.9 Å². The summed E-state index contributed by atoms with van der Waals surface area (Å²) in [5, 5.41) is 4.47.